The Morgan fingerprint density at radius 3 is 2.25 bits per heavy atom. The quantitative estimate of drug-likeness (QED) is 0.798. The van der Waals surface area contributed by atoms with Gasteiger partial charge in [-0.25, -0.2) is 0 Å². The van der Waals surface area contributed by atoms with Crippen LogP contribution in [0.25, 0.3) is 0 Å². The number of nitrogens with zero attached hydrogens (tertiary/aromatic N) is 1. The molecule has 16 heavy (non-hydrogen) atoms. The Balaban J connectivity index is 1.99. The molecule has 2 N–H and O–H groups in total. The molecule has 1 heterocycles. The van der Waals surface area contributed by atoms with Gasteiger partial charge in [-0.1, -0.05) is 46.0 Å². The highest BCUT2D eigenvalue weighted by Gasteiger charge is 2.40. The minimum absolute atomic E-state index is 0.345. The summed E-state index contributed by atoms with van der Waals surface area (Å²) in [5, 5.41) is 0. The number of hydrogen-bond donors (Lipinski definition) is 1. The third-order valence-corrected chi connectivity index (χ3v) is 4.91. The van der Waals surface area contributed by atoms with Gasteiger partial charge in [0.2, 0.25) is 0 Å². The van der Waals surface area contributed by atoms with Gasteiger partial charge in [-0.15, -0.1) is 0 Å². The lowest BCUT2D eigenvalue weighted by atomic mass is 9.90. The van der Waals surface area contributed by atoms with Gasteiger partial charge in [0.1, 0.15) is 0 Å². The molecule has 2 fully saturated rings. The summed E-state index contributed by atoms with van der Waals surface area (Å²) in [7, 11) is 0. The van der Waals surface area contributed by atoms with E-state index in [0.717, 1.165) is 17.9 Å². The first-order valence-corrected chi connectivity index (χ1v) is 7.29. The number of likely N-dealkylation sites (tertiary alicyclic amines) is 1. The van der Waals surface area contributed by atoms with Crippen LogP contribution in [-0.4, -0.2) is 23.7 Å². The molecule has 2 aliphatic rings. The van der Waals surface area contributed by atoms with E-state index in [2.05, 4.69) is 18.7 Å². The molecule has 1 saturated heterocycles. The molecule has 1 unspecified atom stereocenters. The first-order valence-electron chi connectivity index (χ1n) is 7.29. The molecule has 0 spiro atoms. The van der Waals surface area contributed by atoms with Crippen molar-refractivity contribution in [1.82, 2.24) is 4.90 Å². The minimum Gasteiger partial charge on any atom is -0.315 e. The van der Waals surface area contributed by atoms with Crippen LogP contribution in [0, 0.1) is 11.8 Å². The highest BCUT2D eigenvalue weighted by Crippen LogP contribution is 2.36. The lowest BCUT2D eigenvalue weighted by Crippen LogP contribution is -2.46. The molecule has 2 nitrogen and oxygen atoms in total. The van der Waals surface area contributed by atoms with Crippen LogP contribution in [0.3, 0.4) is 0 Å². The fourth-order valence-corrected chi connectivity index (χ4v) is 3.86. The van der Waals surface area contributed by atoms with E-state index < -0.39 is 0 Å². The Morgan fingerprint density at radius 1 is 1.06 bits per heavy atom. The van der Waals surface area contributed by atoms with Crippen LogP contribution in [-0.2, 0) is 0 Å². The Hall–Kier alpha value is -0.0800. The standard InChI is InChI=1S/C14H28N2/c1-3-11-10-16(14(15)13(11)4-2)12-8-6-5-7-9-12/h11-14H,3-10,15H2,1-2H3/t11-,13+,14?/m0/s1. The van der Waals surface area contributed by atoms with E-state index in [9.17, 15) is 0 Å². The Kier molecular flexibility index (Phi) is 4.26. The fraction of sp³-hybridized carbons (Fsp3) is 1.00. The van der Waals surface area contributed by atoms with E-state index in [0.29, 0.717) is 6.17 Å². The third-order valence-electron chi connectivity index (χ3n) is 4.91. The molecule has 0 bridgehead atoms. The van der Waals surface area contributed by atoms with Crippen molar-refractivity contribution in [2.75, 3.05) is 6.54 Å². The molecule has 1 aliphatic carbocycles. The molecule has 94 valence electrons. The van der Waals surface area contributed by atoms with Gasteiger partial charge in [-0.3, -0.25) is 4.90 Å². The number of hydrogen-bond acceptors (Lipinski definition) is 2. The molecule has 0 aromatic rings. The monoisotopic (exact) mass is 224 g/mol. The lowest BCUT2D eigenvalue weighted by Gasteiger charge is -2.35. The van der Waals surface area contributed by atoms with Crippen LogP contribution in [0.15, 0.2) is 0 Å². The van der Waals surface area contributed by atoms with Gasteiger partial charge in [0.25, 0.3) is 0 Å². The zero-order chi connectivity index (χ0) is 11.5. The van der Waals surface area contributed by atoms with E-state index in [4.69, 9.17) is 5.73 Å². The smallest absolute Gasteiger partial charge is 0.0606 e. The van der Waals surface area contributed by atoms with Crippen molar-refractivity contribution in [3.05, 3.63) is 0 Å². The fourth-order valence-electron chi connectivity index (χ4n) is 3.86. The molecule has 0 aromatic heterocycles. The van der Waals surface area contributed by atoms with Gasteiger partial charge in [0.15, 0.2) is 0 Å². The first-order chi connectivity index (χ1) is 7.77. The number of nitrogens with two attached hydrogens (primary N) is 1. The van der Waals surface area contributed by atoms with Crippen LogP contribution < -0.4 is 5.73 Å². The zero-order valence-corrected chi connectivity index (χ0v) is 11.0. The van der Waals surface area contributed by atoms with Crippen molar-refractivity contribution in [2.24, 2.45) is 17.6 Å². The average molecular weight is 224 g/mol. The van der Waals surface area contributed by atoms with Gasteiger partial charge in [0.05, 0.1) is 6.17 Å². The summed E-state index contributed by atoms with van der Waals surface area (Å²) in [5.74, 6) is 1.59. The molecule has 1 saturated carbocycles. The lowest BCUT2D eigenvalue weighted by molar-refractivity contribution is 0.130. The predicted molar refractivity (Wildman–Crippen MR) is 69.1 cm³/mol. The topological polar surface area (TPSA) is 29.3 Å². The summed E-state index contributed by atoms with van der Waals surface area (Å²) in [6.45, 7) is 5.89. The van der Waals surface area contributed by atoms with Crippen LogP contribution in [0.2, 0.25) is 0 Å². The van der Waals surface area contributed by atoms with Crippen LogP contribution in [0.4, 0.5) is 0 Å². The van der Waals surface area contributed by atoms with E-state index >= 15 is 0 Å². The average Bonchev–Trinajstić information content (AvgIpc) is 2.66. The number of rotatable bonds is 3. The molecular formula is C14H28N2. The molecule has 3 atom stereocenters. The van der Waals surface area contributed by atoms with Crippen LogP contribution >= 0.6 is 0 Å². The Morgan fingerprint density at radius 2 is 1.75 bits per heavy atom. The van der Waals surface area contributed by atoms with Gasteiger partial charge in [0, 0.05) is 12.6 Å². The second-order valence-corrected chi connectivity index (χ2v) is 5.72. The second-order valence-electron chi connectivity index (χ2n) is 5.72. The van der Waals surface area contributed by atoms with E-state index in [1.54, 1.807) is 0 Å². The Bertz CT molecular complexity index is 211. The maximum atomic E-state index is 6.46. The van der Waals surface area contributed by atoms with Crippen molar-refractivity contribution in [1.29, 1.82) is 0 Å². The largest absolute Gasteiger partial charge is 0.315 e. The van der Waals surface area contributed by atoms with Crippen LogP contribution in [0.1, 0.15) is 58.8 Å². The van der Waals surface area contributed by atoms with Gasteiger partial charge in [-0.05, 0) is 24.7 Å². The highest BCUT2D eigenvalue weighted by molar-refractivity contribution is 4.92. The summed E-state index contributed by atoms with van der Waals surface area (Å²) in [6.07, 6.45) is 9.95. The summed E-state index contributed by atoms with van der Waals surface area (Å²) in [6, 6.07) is 0.800. The maximum absolute atomic E-state index is 6.46. The van der Waals surface area contributed by atoms with Crippen LogP contribution in [0.5, 0.6) is 0 Å². The van der Waals surface area contributed by atoms with Crippen molar-refractivity contribution < 1.29 is 0 Å². The van der Waals surface area contributed by atoms with Crippen molar-refractivity contribution in [3.63, 3.8) is 0 Å². The van der Waals surface area contributed by atoms with E-state index in [-0.39, 0.29) is 0 Å². The minimum atomic E-state index is 0.345. The van der Waals surface area contributed by atoms with Gasteiger partial charge < -0.3 is 5.73 Å². The first kappa shape index (κ1) is 12.4. The second kappa shape index (κ2) is 5.50. The molecule has 2 rings (SSSR count). The maximum Gasteiger partial charge on any atom is 0.0606 e. The molecule has 1 aliphatic heterocycles. The van der Waals surface area contributed by atoms with Gasteiger partial charge >= 0.3 is 0 Å². The van der Waals surface area contributed by atoms with Gasteiger partial charge in [-0.2, -0.15) is 0 Å². The summed E-state index contributed by atoms with van der Waals surface area (Å²) >= 11 is 0. The highest BCUT2D eigenvalue weighted by atomic mass is 15.3. The molecule has 0 amide bonds. The normalized spacial score (nSPS) is 38.1. The predicted octanol–water partition coefficient (Wildman–Crippen LogP) is 2.97. The van der Waals surface area contributed by atoms with Crippen molar-refractivity contribution >= 4 is 0 Å². The van der Waals surface area contributed by atoms with E-state index in [1.165, 1.54) is 51.5 Å². The SMILES string of the molecule is CC[C@H]1CN(C2CCCCC2)C(N)[C@@H]1CC. The third kappa shape index (κ3) is 2.28. The summed E-state index contributed by atoms with van der Waals surface area (Å²) in [5.41, 5.74) is 6.46. The summed E-state index contributed by atoms with van der Waals surface area (Å²) < 4.78 is 0. The molecule has 0 aromatic carbocycles. The van der Waals surface area contributed by atoms with Crippen molar-refractivity contribution in [2.45, 2.75) is 71.0 Å². The van der Waals surface area contributed by atoms with Crippen molar-refractivity contribution in [3.8, 4) is 0 Å². The van der Waals surface area contributed by atoms with E-state index in [1.807, 2.05) is 0 Å². The summed E-state index contributed by atoms with van der Waals surface area (Å²) in [4.78, 5) is 2.64. The molecular weight excluding hydrogens is 196 g/mol. The zero-order valence-electron chi connectivity index (χ0n) is 11.0. The molecule has 0 radical (unpaired) electrons. The Labute approximate surface area is 101 Å². The molecule has 2 heteroatoms.